The predicted octanol–water partition coefficient (Wildman–Crippen LogP) is 17.8. The summed E-state index contributed by atoms with van der Waals surface area (Å²) in [6.45, 7) is 25.6. The van der Waals surface area contributed by atoms with Crippen molar-refractivity contribution in [3.63, 3.8) is 0 Å². The van der Waals surface area contributed by atoms with Crippen molar-refractivity contribution in [1.29, 1.82) is 0 Å². The van der Waals surface area contributed by atoms with Crippen LogP contribution in [-0.2, 0) is 33.4 Å². The summed E-state index contributed by atoms with van der Waals surface area (Å²) in [7, 11) is 0. The highest BCUT2D eigenvalue weighted by molar-refractivity contribution is 5.88. The molecule has 5 aliphatic carbocycles. The second-order valence-electron chi connectivity index (χ2n) is 23.1. The summed E-state index contributed by atoms with van der Waals surface area (Å²) in [4.78, 5) is 46.0. The first kappa shape index (κ1) is 63.0. The van der Waals surface area contributed by atoms with E-state index in [0.29, 0.717) is 40.0 Å². The van der Waals surface area contributed by atoms with Gasteiger partial charge in [-0.2, -0.15) is 0 Å². The maximum atomic E-state index is 13.0. The van der Waals surface area contributed by atoms with Crippen molar-refractivity contribution in [2.24, 2.45) is 23.2 Å². The van der Waals surface area contributed by atoms with Gasteiger partial charge >= 0.3 is 23.9 Å². The highest BCUT2D eigenvalue weighted by atomic mass is 16.6. The fraction of sp³-hybridized carbons (Fsp3) is 0.806. The van der Waals surface area contributed by atoms with Gasteiger partial charge in [-0.3, -0.25) is 0 Å². The minimum absolute atomic E-state index is 0.156. The number of ether oxygens (including phenoxy) is 3. The number of hydrogen-bond acceptors (Lipinski definition) is 7. The second kappa shape index (κ2) is 35.9. The van der Waals surface area contributed by atoms with Crippen LogP contribution in [0.5, 0.6) is 0 Å². The van der Waals surface area contributed by atoms with Crippen molar-refractivity contribution in [3.05, 3.63) is 48.6 Å². The highest BCUT2D eigenvalue weighted by Gasteiger charge is 2.53. The molecule has 0 aromatic carbocycles. The molecule has 5 saturated carbocycles. The number of carboxylic acids is 1. The van der Waals surface area contributed by atoms with E-state index in [0.717, 1.165) is 25.7 Å². The van der Waals surface area contributed by atoms with Crippen LogP contribution in [0.2, 0.25) is 0 Å². The minimum Gasteiger partial charge on any atom is -0.478 e. The molecule has 0 atom stereocenters. The lowest BCUT2D eigenvalue weighted by Crippen LogP contribution is -2.48. The van der Waals surface area contributed by atoms with Crippen molar-refractivity contribution in [2.75, 3.05) is 0 Å². The minimum atomic E-state index is -0.679. The molecule has 5 rings (SSSR count). The summed E-state index contributed by atoms with van der Waals surface area (Å²) in [6.07, 6.45) is 47.3. The normalized spacial score (nSPS) is 20.8. The van der Waals surface area contributed by atoms with E-state index in [1.165, 1.54) is 212 Å². The first-order valence-electron chi connectivity index (χ1n) is 28.9. The third-order valence-electron chi connectivity index (χ3n) is 15.7. The average Bonchev–Trinajstić information content (AvgIpc) is 3.33. The number of aliphatic carboxylic acids is 1. The van der Waals surface area contributed by atoms with Gasteiger partial charge in [-0.1, -0.05) is 174 Å². The van der Waals surface area contributed by atoms with Crippen LogP contribution in [0.25, 0.3) is 0 Å². The Labute approximate surface area is 429 Å². The molecule has 0 spiro atoms. The summed E-state index contributed by atoms with van der Waals surface area (Å²) in [5.41, 5.74) is 1.48. The Morgan fingerprint density at radius 2 is 0.586 bits per heavy atom. The molecular weight excluding hydrogens is 873 g/mol. The molecule has 0 aliphatic heterocycles. The summed E-state index contributed by atoms with van der Waals surface area (Å²) in [5.74, 6) is 0.0674. The molecule has 0 radical (unpaired) electrons. The summed E-state index contributed by atoms with van der Waals surface area (Å²) in [5, 5.41) is 10.7. The standard InChI is InChI=1S/C34H60O2.2C10H16O2.C8H14O2/c1-29(33(35)36)34(30-23-17-11-5-2-6-12-18-24-30,31-25-19-13-7-3-8-14-20-26-31)32-27-21-15-9-4-10-16-22-28-32;2*1-8(2)10(11)12-9-6-4-3-5-7-9;1-6(2)7(9)10-8(3,4)5/h30-32H,1-28H2,(H,35,36);2*9H,1,3-7H2,2H3;1H2,2-5H3. The molecule has 5 fully saturated rings. The number of esters is 3. The van der Waals surface area contributed by atoms with Crippen LogP contribution in [0.3, 0.4) is 0 Å². The van der Waals surface area contributed by atoms with Crippen LogP contribution in [0.4, 0.5) is 0 Å². The molecule has 1 N–H and O–H groups in total. The Balaban J connectivity index is 0.000000398. The van der Waals surface area contributed by atoms with Crippen molar-refractivity contribution in [1.82, 2.24) is 0 Å². The smallest absolute Gasteiger partial charge is 0.333 e. The first-order chi connectivity index (χ1) is 33.4. The third kappa shape index (κ3) is 25.5. The van der Waals surface area contributed by atoms with E-state index in [9.17, 15) is 24.3 Å². The van der Waals surface area contributed by atoms with Gasteiger partial charge in [0.25, 0.3) is 0 Å². The zero-order valence-corrected chi connectivity index (χ0v) is 46.2. The van der Waals surface area contributed by atoms with Crippen LogP contribution in [0.1, 0.15) is 279 Å². The summed E-state index contributed by atoms with van der Waals surface area (Å²) < 4.78 is 15.4. The Morgan fingerprint density at radius 1 is 0.371 bits per heavy atom. The van der Waals surface area contributed by atoms with Gasteiger partial charge in [0.2, 0.25) is 0 Å². The molecule has 0 unspecified atom stereocenters. The molecule has 0 heterocycles. The topological polar surface area (TPSA) is 116 Å². The van der Waals surface area contributed by atoms with E-state index in [2.05, 4.69) is 26.3 Å². The highest BCUT2D eigenvalue weighted by Crippen LogP contribution is 2.58. The molecule has 0 saturated heterocycles. The Hall–Kier alpha value is -3.16. The fourth-order valence-corrected chi connectivity index (χ4v) is 12.0. The fourth-order valence-electron chi connectivity index (χ4n) is 12.0. The van der Waals surface area contributed by atoms with Gasteiger partial charge in [0, 0.05) is 27.7 Å². The van der Waals surface area contributed by atoms with E-state index >= 15 is 0 Å². The molecule has 70 heavy (non-hydrogen) atoms. The van der Waals surface area contributed by atoms with Crippen LogP contribution in [-0.4, -0.2) is 46.8 Å². The van der Waals surface area contributed by atoms with E-state index in [1.54, 1.807) is 20.8 Å². The van der Waals surface area contributed by atoms with E-state index in [-0.39, 0.29) is 35.5 Å². The summed E-state index contributed by atoms with van der Waals surface area (Å²) in [6, 6.07) is 0. The molecule has 8 heteroatoms. The van der Waals surface area contributed by atoms with Crippen molar-refractivity contribution >= 4 is 23.9 Å². The van der Waals surface area contributed by atoms with Crippen LogP contribution < -0.4 is 0 Å². The van der Waals surface area contributed by atoms with Crippen molar-refractivity contribution in [3.8, 4) is 0 Å². The maximum absolute atomic E-state index is 13.0. The van der Waals surface area contributed by atoms with Crippen molar-refractivity contribution < 1.29 is 38.5 Å². The zero-order chi connectivity index (χ0) is 51.8. The number of carbonyl (C=O) groups excluding carboxylic acids is 3. The maximum Gasteiger partial charge on any atom is 0.333 e. The SMILES string of the molecule is C=C(C(=O)O)C(C1CCCCCCCCC1)(C1CCCCCCCCC1)C1CCCCCCCCC1.C=C(C)C(=O)OC(C)(C)C.C=C(C)C(=O)OC1CCCCC1.C=C(C)C(=O)OC1CCCCC1. The molecule has 0 aromatic heterocycles. The molecule has 0 amide bonds. The van der Waals surface area contributed by atoms with Gasteiger partial charge in [0.05, 0.1) is 0 Å². The van der Waals surface area contributed by atoms with Crippen LogP contribution >= 0.6 is 0 Å². The molecule has 0 bridgehead atoms. The third-order valence-corrected chi connectivity index (χ3v) is 15.7. The number of hydrogen-bond donors (Lipinski definition) is 1. The van der Waals surface area contributed by atoms with E-state index in [4.69, 9.17) is 14.2 Å². The molecule has 8 nitrogen and oxygen atoms in total. The average molecular weight is 980 g/mol. The Morgan fingerprint density at radius 3 is 0.786 bits per heavy atom. The van der Waals surface area contributed by atoms with E-state index < -0.39 is 11.6 Å². The number of carbonyl (C=O) groups is 4. The van der Waals surface area contributed by atoms with Crippen molar-refractivity contribution in [2.45, 2.75) is 297 Å². The zero-order valence-electron chi connectivity index (χ0n) is 46.2. The predicted molar refractivity (Wildman–Crippen MR) is 291 cm³/mol. The Kier molecular flexibility index (Phi) is 32.3. The van der Waals surface area contributed by atoms with Gasteiger partial charge in [-0.25, -0.2) is 19.2 Å². The lowest BCUT2D eigenvalue weighted by molar-refractivity contribution is -0.150. The van der Waals surface area contributed by atoms with E-state index in [1.807, 2.05) is 20.8 Å². The van der Waals surface area contributed by atoms with Gasteiger partial charge in [-0.15, -0.1) is 0 Å². The second-order valence-corrected chi connectivity index (χ2v) is 23.1. The number of rotatable bonds is 10. The van der Waals surface area contributed by atoms with Gasteiger partial charge < -0.3 is 19.3 Å². The first-order valence-corrected chi connectivity index (χ1v) is 28.9. The van der Waals surface area contributed by atoms with Crippen LogP contribution in [0.15, 0.2) is 48.6 Å². The van der Waals surface area contributed by atoms with Gasteiger partial charge in [0.1, 0.15) is 17.8 Å². The van der Waals surface area contributed by atoms with Crippen LogP contribution in [0, 0.1) is 23.2 Å². The quantitative estimate of drug-likeness (QED) is 0.131. The largest absolute Gasteiger partial charge is 0.478 e. The molecule has 402 valence electrons. The Bertz CT molecular complexity index is 1420. The lowest BCUT2D eigenvalue weighted by Gasteiger charge is -2.53. The molecule has 5 aliphatic rings. The lowest BCUT2D eigenvalue weighted by atomic mass is 9.50. The molecule has 0 aromatic rings. The summed E-state index contributed by atoms with van der Waals surface area (Å²) >= 11 is 0. The van der Waals surface area contributed by atoms with Gasteiger partial charge in [0.15, 0.2) is 0 Å². The van der Waals surface area contributed by atoms with Gasteiger partial charge in [-0.05, 0) is 149 Å². The molecular formula is C62H106O8. The number of carboxylic acid groups (broad SMARTS) is 1. The monoisotopic (exact) mass is 979 g/mol.